The molecule has 0 rings (SSSR count). The summed E-state index contributed by atoms with van der Waals surface area (Å²) >= 11 is 0. The van der Waals surface area contributed by atoms with Crippen LogP contribution in [0.3, 0.4) is 0 Å². The molecular weight excluding hydrogens is 745 g/mol. The second kappa shape index (κ2) is 51.4. The monoisotopic (exact) mass is 820 g/mol. The van der Waals surface area contributed by atoms with E-state index in [1.165, 1.54) is 135 Å². The summed E-state index contributed by atoms with van der Waals surface area (Å²) in [6, 6.07) is 0. The van der Waals surface area contributed by atoms with Gasteiger partial charge in [0.1, 0.15) is 0 Å². The predicted octanol–water partition coefficient (Wildman–Crippen LogP) is 13.6. The number of carbonyl (C=O) groups is 3. The molecule has 49 heavy (non-hydrogen) atoms. The van der Waals surface area contributed by atoms with Crippen molar-refractivity contribution in [2.75, 3.05) is 0 Å². The second-order valence-corrected chi connectivity index (χ2v) is 12.9. The minimum absolute atomic E-state index is 0. The van der Waals surface area contributed by atoms with Gasteiger partial charge < -0.3 is 15.3 Å². The Kier molecular flexibility index (Phi) is 57.4. The number of carboxylic acid groups (broad SMARTS) is 3. The maximum Gasteiger partial charge on any atom is 0.303 e. The van der Waals surface area contributed by atoms with Crippen LogP contribution in [0.2, 0.25) is 0 Å². The average molecular weight is 823 g/mol. The van der Waals surface area contributed by atoms with Crippen LogP contribution in [0, 0.1) is 40.8 Å². The summed E-state index contributed by atoms with van der Waals surface area (Å²) in [5.41, 5.74) is 0. The Morgan fingerprint density at radius 2 is 0.510 bits per heavy atom. The summed E-state index contributed by atoms with van der Waals surface area (Å²) in [6.07, 6.45) is 46.3. The number of unbranched alkanes of at least 4 members (excludes halogenated alkanes) is 21. The zero-order valence-corrected chi connectivity index (χ0v) is 35.5. The first-order valence-corrected chi connectivity index (χ1v) is 19.9. The Morgan fingerprint density at radius 1 is 0.327 bits per heavy atom. The molecule has 0 heterocycles. The van der Waals surface area contributed by atoms with Gasteiger partial charge in [0, 0.05) is 60.1 Å². The van der Waals surface area contributed by atoms with Gasteiger partial charge in [0.05, 0.1) is 0 Å². The third kappa shape index (κ3) is 65.9. The van der Waals surface area contributed by atoms with Gasteiger partial charge in [-0.05, 0) is 77.0 Å². The molecule has 0 radical (unpaired) electrons. The molecule has 0 saturated carbocycles. The van der Waals surface area contributed by atoms with E-state index in [1.807, 2.05) is 0 Å². The maximum absolute atomic E-state index is 10.3. The largest absolute Gasteiger partial charge is 0.481 e. The van der Waals surface area contributed by atoms with Gasteiger partial charge in [-0.25, -0.2) is 0 Å². The second-order valence-electron chi connectivity index (χ2n) is 12.9. The first kappa shape index (κ1) is 54.7. The van der Waals surface area contributed by atoms with Crippen LogP contribution in [0.4, 0.5) is 0 Å². The number of hydrogen-bond donors (Lipinski definition) is 3. The number of rotatable bonds is 33. The van der Waals surface area contributed by atoms with Crippen molar-refractivity contribution in [3.63, 3.8) is 0 Å². The third-order valence-electron chi connectivity index (χ3n) is 7.96. The van der Waals surface area contributed by atoms with Crippen LogP contribution in [-0.2, 0) is 14.4 Å². The van der Waals surface area contributed by atoms with Crippen molar-refractivity contribution in [2.45, 2.75) is 213 Å². The van der Waals surface area contributed by atoms with E-state index in [4.69, 9.17) is 15.3 Å². The zero-order chi connectivity index (χ0) is 36.2. The topological polar surface area (TPSA) is 112 Å². The molecule has 0 aromatic rings. The molecule has 0 atom stereocenters. The van der Waals surface area contributed by atoms with Crippen LogP contribution >= 0.6 is 0 Å². The van der Waals surface area contributed by atoms with E-state index < -0.39 is 17.9 Å². The molecule has 0 aromatic heterocycles. The van der Waals surface area contributed by atoms with Gasteiger partial charge in [-0.2, -0.15) is 0 Å². The molecule has 6 nitrogen and oxygen atoms in total. The normalized spacial score (nSPS) is 10.8. The first-order chi connectivity index (χ1) is 23.3. The van der Waals surface area contributed by atoms with Crippen LogP contribution in [0.15, 0.2) is 36.5 Å². The van der Waals surface area contributed by atoms with Gasteiger partial charge in [0.25, 0.3) is 0 Å². The Morgan fingerprint density at radius 3 is 0.714 bits per heavy atom. The third-order valence-corrected chi connectivity index (χ3v) is 7.96. The summed E-state index contributed by atoms with van der Waals surface area (Å²) in [4.78, 5) is 30.8. The molecule has 0 fully saturated rings. The summed E-state index contributed by atoms with van der Waals surface area (Å²) in [5.74, 6) is -2.00. The fraction of sp³-hybridized carbons (Fsp3) is 0.786. The molecule has 0 amide bonds. The van der Waals surface area contributed by atoms with E-state index in [1.54, 1.807) is 0 Å². The van der Waals surface area contributed by atoms with Crippen molar-refractivity contribution in [3.05, 3.63) is 36.5 Å². The van der Waals surface area contributed by atoms with E-state index in [0.717, 1.165) is 38.5 Å². The minimum Gasteiger partial charge on any atom is -0.481 e. The minimum atomic E-state index is -0.668. The summed E-state index contributed by atoms with van der Waals surface area (Å²) < 4.78 is 0. The Labute approximate surface area is 336 Å². The first-order valence-electron chi connectivity index (χ1n) is 19.9. The van der Waals surface area contributed by atoms with E-state index in [-0.39, 0.29) is 40.8 Å². The molecule has 0 aliphatic heterocycles. The molecule has 7 heteroatoms. The van der Waals surface area contributed by atoms with Crippen LogP contribution < -0.4 is 0 Å². The number of aliphatic carboxylic acids is 3. The molecule has 0 aliphatic carbocycles. The molecule has 0 saturated heterocycles. The molecule has 286 valence electrons. The number of carboxylic acids is 3. The average Bonchev–Trinajstić information content (AvgIpc) is 3.05. The van der Waals surface area contributed by atoms with Crippen molar-refractivity contribution < 1.29 is 70.5 Å². The molecule has 0 spiro atoms. The van der Waals surface area contributed by atoms with Crippen molar-refractivity contribution in [2.24, 2.45) is 0 Å². The number of hydrogen-bond acceptors (Lipinski definition) is 3. The van der Waals surface area contributed by atoms with Crippen molar-refractivity contribution in [1.82, 2.24) is 0 Å². The van der Waals surface area contributed by atoms with Crippen LogP contribution in [-0.4, -0.2) is 33.2 Å². The molecule has 0 bridgehead atoms. The fourth-order valence-electron chi connectivity index (χ4n) is 4.88. The van der Waals surface area contributed by atoms with Crippen molar-refractivity contribution in [3.8, 4) is 0 Å². The number of allylic oxidation sites excluding steroid dienone is 6. The molecule has 0 unspecified atom stereocenters. The maximum atomic E-state index is 10.3. The molecular formula is C42H78NdO6. The van der Waals surface area contributed by atoms with E-state index in [2.05, 4.69) is 57.2 Å². The van der Waals surface area contributed by atoms with Crippen molar-refractivity contribution >= 4 is 17.9 Å². The smallest absolute Gasteiger partial charge is 0.303 e. The Bertz CT molecular complexity index is 662. The fourth-order valence-corrected chi connectivity index (χ4v) is 4.88. The SMILES string of the molecule is CCCC/C=C\CCCCCCCC(=O)O.CCCC/C=C\CCCCCCCC(=O)O.CCCC/C=C\CCCCCCCC(=O)O.[Nd]. The summed E-state index contributed by atoms with van der Waals surface area (Å²) in [6.45, 7) is 6.64. The van der Waals surface area contributed by atoms with Crippen molar-refractivity contribution in [1.29, 1.82) is 0 Å². The van der Waals surface area contributed by atoms with Gasteiger partial charge in [-0.1, -0.05) is 154 Å². The van der Waals surface area contributed by atoms with Gasteiger partial charge in [-0.15, -0.1) is 0 Å². The van der Waals surface area contributed by atoms with Gasteiger partial charge in [0.2, 0.25) is 0 Å². The van der Waals surface area contributed by atoms with E-state index in [9.17, 15) is 14.4 Å². The summed E-state index contributed by atoms with van der Waals surface area (Å²) in [5, 5.41) is 25.3. The Hall–Kier alpha value is -1.02. The van der Waals surface area contributed by atoms with Gasteiger partial charge in [-0.3, -0.25) is 14.4 Å². The van der Waals surface area contributed by atoms with Crippen LogP contribution in [0.1, 0.15) is 213 Å². The van der Waals surface area contributed by atoms with E-state index >= 15 is 0 Å². The predicted molar refractivity (Wildman–Crippen MR) is 206 cm³/mol. The quantitative estimate of drug-likeness (QED) is 0.0449. The van der Waals surface area contributed by atoms with Gasteiger partial charge in [0.15, 0.2) is 0 Å². The van der Waals surface area contributed by atoms with Crippen LogP contribution in [0.25, 0.3) is 0 Å². The summed E-state index contributed by atoms with van der Waals surface area (Å²) in [7, 11) is 0. The zero-order valence-electron chi connectivity index (χ0n) is 32.2. The molecule has 0 aromatic carbocycles. The van der Waals surface area contributed by atoms with Gasteiger partial charge >= 0.3 is 17.9 Å². The van der Waals surface area contributed by atoms with Crippen LogP contribution in [0.5, 0.6) is 0 Å². The molecule has 3 N–H and O–H groups in total. The Balaban J connectivity index is -0.000000307. The van der Waals surface area contributed by atoms with E-state index in [0.29, 0.717) is 19.3 Å². The standard InChI is InChI=1S/3C14H26O2.Nd/c3*1-2-3-4-5-6-7-8-9-10-11-12-13-14(15)16;/h3*5-6H,2-4,7-13H2,1H3,(H,15,16);/b3*6-5-;. The molecule has 0 aliphatic rings.